The van der Waals surface area contributed by atoms with Crippen LogP contribution in [0.3, 0.4) is 0 Å². The number of halogens is 3. The zero-order valence-electron chi connectivity index (χ0n) is 10.7. The summed E-state index contributed by atoms with van der Waals surface area (Å²) >= 11 is 0.486. The minimum absolute atomic E-state index is 0.0260. The van der Waals surface area contributed by atoms with E-state index in [0.29, 0.717) is 24.7 Å². The van der Waals surface area contributed by atoms with Crippen LogP contribution in [0.15, 0.2) is 9.95 Å². The van der Waals surface area contributed by atoms with E-state index in [-0.39, 0.29) is 11.6 Å². The Hall–Kier alpha value is -0.960. The summed E-state index contributed by atoms with van der Waals surface area (Å²) in [6.45, 7) is 3.74. The van der Waals surface area contributed by atoms with Crippen molar-refractivity contribution in [2.45, 2.75) is 55.9 Å². The van der Waals surface area contributed by atoms with Crippen molar-refractivity contribution in [3.05, 3.63) is 10.5 Å². The molecule has 0 aliphatic heterocycles. The van der Waals surface area contributed by atoms with E-state index in [1.165, 1.54) is 4.57 Å². The molecular formula is C10H17F3N4OS. The molecule has 0 aliphatic rings. The summed E-state index contributed by atoms with van der Waals surface area (Å²) < 4.78 is 40.0. The van der Waals surface area contributed by atoms with E-state index >= 15 is 0 Å². The quantitative estimate of drug-likeness (QED) is 0.784. The maximum absolute atomic E-state index is 12.9. The second-order valence-electron chi connectivity index (χ2n) is 4.12. The number of thioether (sulfide) groups is 1. The number of rotatable bonds is 6. The number of alkyl halides is 3. The molecule has 3 N–H and O–H groups in total. The molecule has 1 rings (SSSR count). The highest BCUT2D eigenvalue weighted by Gasteiger charge is 2.44. The Balaban J connectivity index is 3.00. The van der Waals surface area contributed by atoms with Crippen LogP contribution in [-0.2, 0) is 6.54 Å². The topological polar surface area (TPSA) is 76.7 Å². The van der Waals surface area contributed by atoms with Gasteiger partial charge in [0.05, 0.1) is 0 Å². The Morgan fingerprint density at radius 1 is 1.47 bits per heavy atom. The molecule has 1 aromatic heterocycles. The molecule has 0 aromatic carbocycles. The molecule has 2 unspecified atom stereocenters. The maximum Gasteiger partial charge on any atom is 0.402 e. The van der Waals surface area contributed by atoms with E-state index in [1.807, 2.05) is 6.92 Å². The van der Waals surface area contributed by atoms with E-state index in [4.69, 9.17) is 5.73 Å². The Morgan fingerprint density at radius 3 is 2.58 bits per heavy atom. The van der Waals surface area contributed by atoms with Gasteiger partial charge < -0.3 is 5.73 Å². The molecule has 0 radical (unpaired) electrons. The van der Waals surface area contributed by atoms with Gasteiger partial charge in [-0.25, -0.2) is 9.89 Å². The van der Waals surface area contributed by atoms with Crippen molar-refractivity contribution < 1.29 is 13.2 Å². The third kappa shape index (κ3) is 4.00. The molecule has 19 heavy (non-hydrogen) atoms. The minimum Gasteiger partial charge on any atom is -0.326 e. The number of nitrogens with two attached hydrogens (primary N) is 1. The van der Waals surface area contributed by atoms with Crippen molar-refractivity contribution in [1.29, 1.82) is 0 Å². The van der Waals surface area contributed by atoms with Gasteiger partial charge >= 0.3 is 11.9 Å². The Kier molecular flexibility index (Phi) is 5.48. The summed E-state index contributed by atoms with van der Waals surface area (Å²) in [5.74, 6) is 0. The molecule has 9 heteroatoms. The van der Waals surface area contributed by atoms with Gasteiger partial charge in [-0.15, -0.1) is 5.10 Å². The second-order valence-corrected chi connectivity index (χ2v) is 5.22. The number of aromatic amines is 1. The van der Waals surface area contributed by atoms with E-state index in [9.17, 15) is 18.0 Å². The number of hydrogen-bond donors (Lipinski definition) is 2. The summed E-state index contributed by atoms with van der Waals surface area (Å²) in [5.41, 5.74) is 5.01. The number of aromatic nitrogens is 3. The van der Waals surface area contributed by atoms with Crippen molar-refractivity contribution in [1.82, 2.24) is 14.8 Å². The molecule has 110 valence electrons. The normalized spacial score (nSPS) is 15.5. The van der Waals surface area contributed by atoms with Crippen LogP contribution in [-0.4, -0.2) is 32.2 Å². The van der Waals surface area contributed by atoms with Crippen molar-refractivity contribution in [3.63, 3.8) is 0 Å². The van der Waals surface area contributed by atoms with Crippen LogP contribution in [0.5, 0.6) is 0 Å². The molecule has 1 heterocycles. The van der Waals surface area contributed by atoms with E-state index in [0.717, 1.165) is 0 Å². The summed E-state index contributed by atoms with van der Waals surface area (Å²) in [4.78, 5) is 11.4. The highest BCUT2D eigenvalue weighted by atomic mass is 32.2. The largest absolute Gasteiger partial charge is 0.402 e. The lowest BCUT2D eigenvalue weighted by Crippen LogP contribution is -2.42. The zero-order valence-corrected chi connectivity index (χ0v) is 11.5. The minimum atomic E-state index is -4.44. The smallest absolute Gasteiger partial charge is 0.326 e. The second kappa shape index (κ2) is 6.47. The first kappa shape index (κ1) is 16.1. The lowest BCUT2D eigenvalue weighted by molar-refractivity contribution is -0.132. The van der Waals surface area contributed by atoms with Gasteiger partial charge in [-0.2, -0.15) is 13.2 Å². The molecule has 1 aromatic rings. The molecule has 0 saturated carbocycles. The Labute approximate surface area is 112 Å². The number of nitrogens with zero attached hydrogens (tertiary/aromatic N) is 2. The summed E-state index contributed by atoms with van der Waals surface area (Å²) in [7, 11) is 0. The summed E-state index contributed by atoms with van der Waals surface area (Å²) in [5, 5.41) is 4.05. The van der Waals surface area contributed by atoms with Crippen molar-refractivity contribution in [3.8, 4) is 0 Å². The number of hydrogen-bond acceptors (Lipinski definition) is 4. The van der Waals surface area contributed by atoms with Gasteiger partial charge in [0.2, 0.25) is 0 Å². The van der Waals surface area contributed by atoms with E-state index in [1.54, 1.807) is 6.92 Å². The Morgan fingerprint density at radius 2 is 2.11 bits per heavy atom. The van der Waals surface area contributed by atoms with Crippen LogP contribution < -0.4 is 11.4 Å². The van der Waals surface area contributed by atoms with Gasteiger partial charge in [-0.3, -0.25) is 4.57 Å². The fourth-order valence-electron chi connectivity index (χ4n) is 1.54. The maximum atomic E-state index is 12.9. The van der Waals surface area contributed by atoms with Crippen LogP contribution in [0.4, 0.5) is 13.2 Å². The molecule has 0 saturated heterocycles. The average molecular weight is 298 g/mol. The van der Waals surface area contributed by atoms with Crippen LogP contribution in [0.25, 0.3) is 0 Å². The lowest BCUT2D eigenvalue weighted by atomic mass is 10.1. The van der Waals surface area contributed by atoms with Crippen molar-refractivity contribution >= 4 is 11.8 Å². The van der Waals surface area contributed by atoms with Crippen LogP contribution in [0.1, 0.15) is 26.7 Å². The molecule has 0 fully saturated rings. The fourth-order valence-corrected chi connectivity index (χ4v) is 2.67. The van der Waals surface area contributed by atoms with E-state index in [2.05, 4.69) is 10.2 Å². The SMILES string of the molecule is CCCn1c(SC(C(N)CC)C(F)(F)F)n[nH]c1=O. The molecule has 2 atom stereocenters. The molecule has 0 spiro atoms. The fraction of sp³-hybridized carbons (Fsp3) is 0.800. The van der Waals surface area contributed by atoms with Gasteiger partial charge in [-0.1, -0.05) is 25.6 Å². The van der Waals surface area contributed by atoms with Crippen molar-refractivity contribution in [2.24, 2.45) is 5.73 Å². The highest BCUT2D eigenvalue weighted by Crippen LogP contribution is 2.36. The number of H-pyrrole nitrogens is 1. The van der Waals surface area contributed by atoms with Crippen LogP contribution >= 0.6 is 11.8 Å². The molecule has 0 aliphatic carbocycles. The standard InChI is InChI=1S/C10H17F3N4OS/c1-3-5-17-8(18)15-16-9(17)19-7(6(14)4-2)10(11,12)13/h6-7H,3-5,14H2,1-2H3,(H,15,18). The molecule has 0 amide bonds. The van der Waals surface area contributed by atoms with Gasteiger partial charge in [0, 0.05) is 12.6 Å². The first-order chi connectivity index (χ1) is 8.81. The van der Waals surface area contributed by atoms with Crippen LogP contribution in [0, 0.1) is 0 Å². The lowest BCUT2D eigenvalue weighted by Gasteiger charge is -2.24. The first-order valence-electron chi connectivity index (χ1n) is 5.95. The third-order valence-corrected chi connectivity index (χ3v) is 3.98. The third-order valence-electron chi connectivity index (χ3n) is 2.59. The first-order valence-corrected chi connectivity index (χ1v) is 6.83. The number of nitrogens with one attached hydrogen (secondary N) is 1. The molecule has 0 bridgehead atoms. The van der Waals surface area contributed by atoms with Crippen LogP contribution in [0.2, 0.25) is 0 Å². The molecular weight excluding hydrogens is 281 g/mol. The summed E-state index contributed by atoms with van der Waals surface area (Å²) in [6.07, 6.45) is -3.62. The van der Waals surface area contributed by atoms with Gasteiger partial charge in [0.25, 0.3) is 0 Å². The van der Waals surface area contributed by atoms with Gasteiger partial charge in [-0.05, 0) is 12.8 Å². The predicted molar refractivity (Wildman–Crippen MR) is 67.1 cm³/mol. The van der Waals surface area contributed by atoms with Gasteiger partial charge in [0.15, 0.2) is 5.16 Å². The zero-order chi connectivity index (χ0) is 14.6. The van der Waals surface area contributed by atoms with Crippen molar-refractivity contribution in [2.75, 3.05) is 0 Å². The average Bonchev–Trinajstić information content (AvgIpc) is 2.66. The Bertz CT molecular complexity index is 456. The van der Waals surface area contributed by atoms with Gasteiger partial charge in [0.1, 0.15) is 5.25 Å². The molecule has 5 nitrogen and oxygen atoms in total. The summed E-state index contributed by atoms with van der Waals surface area (Å²) in [6, 6.07) is -1.04. The predicted octanol–water partition coefficient (Wildman–Crippen LogP) is 1.74. The monoisotopic (exact) mass is 298 g/mol. The van der Waals surface area contributed by atoms with E-state index < -0.39 is 23.2 Å². The highest BCUT2D eigenvalue weighted by molar-refractivity contribution is 7.99.